The summed E-state index contributed by atoms with van der Waals surface area (Å²) < 4.78 is 2.38. The molecule has 1 aliphatic heterocycles. The SMILES string of the molecule is Cc1ccc(-c2ncc3c(n2)CN(Cc2cn(Cc4ccccc4)c4ccccc24)CC3)cc1. The molecule has 0 fully saturated rings. The van der Waals surface area contributed by atoms with Crippen molar-refractivity contribution in [2.24, 2.45) is 0 Å². The number of aromatic nitrogens is 3. The van der Waals surface area contributed by atoms with Gasteiger partial charge in [-0.2, -0.15) is 0 Å². The van der Waals surface area contributed by atoms with Crippen molar-refractivity contribution in [1.82, 2.24) is 19.4 Å². The molecule has 1 aliphatic rings. The third kappa shape index (κ3) is 4.13. The Bertz CT molecular complexity index is 1430. The van der Waals surface area contributed by atoms with Crippen LogP contribution in [0.3, 0.4) is 0 Å². The molecular weight excluding hydrogens is 416 g/mol. The largest absolute Gasteiger partial charge is 0.343 e. The molecule has 0 N–H and O–H groups in total. The molecule has 0 radical (unpaired) electrons. The zero-order valence-electron chi connectivity index (χ0n) is 19.5. The van der Waals surface area contributed by atoms with E-state index in [1.54, 1.807) is 0 Å². The Labute approximate surface area is 200 Å². The lowest BCUT2D eigenvalue weighted by Gasteiger charge is -2.27. The van der Waals surface area contributed by atoms with E-state index in [4.69, 9.17) is 4.98 Å². The average molecular weight is 445 g/mol. The summed E-state index contributed by atoms with van der Waals surface area (Å²) in [5.74, 6) is 0.820. The van der Waals surface area contributed by atoms with Crippen LogP contribution in [0, 0.1) is 6.92 Å². The smallest absolute Gasteiger partial charge is 0.159 e. The van der Waals surface area contributed by atoms with Crippen LogP contribution in [0.4, 0.5) is 0 Å². The van der Waals surface area contributed by atoms with E-state index in [-0.39, 0.29) is 0 Å². The average Bonchev–Trinajstić information content (AvgIpc) is 3.21. The highest BCUT2D eigenvalue weighted by molar-refractivity contribution is 5.84. The van der Waals surface area contributed by atoms with E-state index in [1.165, 1.54) is 33.2 Å². The molecule has 0 bridgehead atoms. The van der Waals surface area contributed by atoms with Crippen LogP contribution in [-0.2, 0) is 26.1 Å². The van der Waals surface area contributed by atoms with Gasteiger partial charge in [-0.15, -0.1) is 0 Å². The first-order valence-corrected chi connectivity index (χ1v) is 12.0. The van der Waals surface area contributed by atoms with Gasteiger partial charge in [0, 0.05) is 55.0 Å². The maximum atomic E-state index is 4.97. The molecule has 3 aromatic carbocycles. The Morgan fingerprint density at radius 1 is 0.853 bits per heavy atom. The Morgan fingerprint density at radius 2 is 1.65 bits per heavy atom. The lowest BCUT2D eigenvalue weighted by Crippen LogP contribution is -2.31. The summed E-state index contributed by atoms with van der Waals surface area (Å²) >= 11 is 0. The first-order valence-electron chi connectivity index (χ1n) is 12.0. The van der Waals surface area contributed by atoms with Gasteiger partial charge in [-0.3, -0.25) is 4.90 Å². The Hall–Kier alpha value is -3.76. The lowest BCUT2D eigenvalue weighted by molar-refractivity contribution is 0.242. The zero-order chi connectivity index (χ0) is 22.9. The van der Waals surface area contributed by atoms with Gasteiger partial charge in [0.2, 0.25) is 0 Å². The molecule has 4 heteroatoms. The predicted octanol–water partition coefficient (Wildman–Crippen LogP) is 6.01. The van der Waals surface area contributed by atoms with Gasteiger partial charge in [-0.1, -0.05) is 78.4 Å². The number of aryl methyl sites for hydroxylation is 1. The highest BCUT2D eigenvalue weighted by Crippen LogP contribution is 2.27. The minimum Gasteiger partial charge on any atom is -0.343 e. The van der Waals surface area contributed by atoms with Crippen molar-refractivity contribution >= 4 is 10.9 Å². The number of fused-ring (bicyclic) bond motifs is 2. The van der Waals surface area contributed by atoms with Gasteiger partial charge >= 0.3 is 0 Å². The molecule has 0 unspecified atom stereocenters. The summed E-state index contributed by atoms with van der Waals surface area (Å²) in [5.41, 5.74) is 8.75. The topological polar surface area (TPSA) is 34.0 Å². The highest BCUT2D eigenvalue weighted by Gasteiger charge is 2.20. The van der Waals surface area contributed by atoms with Gasteiger partial charge in [0.15, 0.2) is 5.82 Å². The molecule has 0 spiro atoms. The van der Waals surface area contributed by atoms with Crippen molar-refractivity contribution in [3.63, 3.8) is 0 Å². The molecule has 4 nitrogen and oxygen atoms in total. The lowest BCUT2D eigenvalue weighted by atomic mass is 10.0. The number of benzene rings is 3. The molecular formula is C30H28N4. The molecule has 5 aromatic rings. The minimum absolute atomic E-state index is 0.820. The van der Waals surface area contributed by atoms with E-state index in [1.807, 2.05) is 6.20 Å². The Kier molecular flexibility index (Phi) is 5.44. The number of nitrogens with zero attached hydrogens (tertiary/aromatic N) is 4. The van der Waals surface area contributed by atoms with Crippen LogP contribution in [0.2, 0.25) is 0 Å². The van der Waals surface area contributed by atoms with Crippen molar-refractivity contribution in [3.05, 3.63) is 119 Å². The van der Waals surface area contributed by atoms with Crippen LogP contribution in [0.15, 0.2) is 91.3 Å². The number of rotatable bonds is 5. The predicted molar refractivity (Wildman–Crippen MR) is 138 cm³/mol. The van der Waals surface area contributed by atoms with Gasteiger partial charge in [-0.25, -0.2) is 9.97 Å². The molecule has 0 atom stereocenters. The fourth-order valence-corrected chi connectivity index (χ4v) is 4.93. The second-order valence-electron chi connectivity index (χ2n) is 9.28. The summed E-state index contributed by atoms with van der Waals surface area (Å²) in [6, 6.07) is 27.9. The van der Waals surface area contributed by atoms with E-state index in [0.717, 1.165) is 49.7 Å². The number of hydrogen-bond donors (Lipinski definition) is 0. The van der Waals surface area contributed by atoms with Crippen LogP contribution in [-0.4, -0.2) is 26.0 Å². The minimum atomic E-state index is 0.820. The van der Waals surface area contributed by atoms with Crippen molar-refractivity contribution < 1.29 is 0 Å². The molecule has 0 saturated carbocycles. The molecule has 168 valence electrons. The summed E-state index contributed by atoms with van der Waals surface area (Å²) in [6.07, 6.45) is 5.36. The first-order chi connectivity index (χ1) is 16.7. The molecule has 0 aliphatic carbocycles. The fourth-order valence-electron chi connectivity index (χ4n) is 4.93. The molecule has 34 heavy (non-hydrogen) atoms. The number of hydrogen-bond acceptors (Lipinski definition) is 3. The maximum Gasteiger partial charge on any atom is 0.159 e. The van der Waals surface area contributed by atoms with E-state index < -0.39 is 0 Å². The summed E-state index contributed by atoms with van der Waals surface area (Å²) in [6.45, 7) is 5.79. The third-order valence-corrected chi connectivity index (χ3v) is 6.80. The molecule has 0 saturated heterocycles. The van der Waals surface area contributed by atoms with E-state index >= 15 is 0 Å². The van der Waals surface area contributed by atoms with Crippen molar-refractivity contribution in [3.8, 4) is 11.4 Å². The van der Waals surface area contributed by atoms with Crippen LogP contribution >= 0.6 is 0 Å². The van der Waals surface area contributed by atoms with E-state index in [2.05, 4.69) is 106 Å². The van der Waals surface area contributed by atoms with Crippen molar-refractivity contribution in [2.45, 2.75) is 33.0 Å². The van der Waals surface area contributed by atoms with Gasteiger partial charge in [-0.05, 0) is 36.1 Å². The van der Waals surface area contributed by atoms with Crippen LogP contribution in [0.1, 0.15) is 27.9 Å². The zero-order valence-corrected chi connectivity index (χ0v) is 19.5. The number of para-hydroxylation sites is 1. The van der Waals surface area contributed by atoms with Crippen molar-refractivity contribution in [1.29, 1.82) is 0 Å². The summed E-state index contributed by atoms with van der Waals surface area (Å²) in [5, 5.41) is 1.34. The standard InChI is InChI=1S/C30H28N4/c1-22-11-13-24(14-12-22)30-31-17-25-15-16-33(21-28(25)32-30)19-26-20-34(18-23-7-3-2-4-8-23)29-10-6-5-9-27(26)29/h2-14,17,20H,15-16,18-19,21H2,1H3. The van der Waals surface area contributed by atoms with Crippen molar-refractivity contribution in [2.75, 3.05) is 6.54 Å². The normalized spacial score (nSPS) is 13.8. The first kappa shape index (κ1) is 20.8. The summed E-state index contributed by atoms with van der Waals surface area (Å²) in [4.78, 5) is 12.1. The van der Waals surface area contributed by atoms with Gasteiger partial charge in [0.05, 0.1) is 5.69 Å². The maximum absolute atomic E-state index is 4.97. The third-order valence-electron chi connectivity index (χ3n) is 6.80. The summed E-state index contributed by atoms with van der Waals surface area (Å²) in [7, 11) is 0. The van der Waals surface area contributed by atoms with Gasteiger partial charge in [0.25, 0.3) is 0 Å². The fraction of sp³-hybridized carbons (Fsp3) is 0.200. The van der Waals surface area contributed by atoms with Crippen LogP contribution in [0.5, 0.6) is 0 Å². The quantitative estimate of drug-likeness (QED) is 0.333. The van der Waals surface area contributed by atoms with Gasteiger partial charge in [0.1, 0.15) is 0 Å². The highest BCUT2D eigenvalue weighted by atomic mass is 15.1. The monoisotopic (exact) mass is 444 g/mol. The molecule has 3 heterocycles. The second kappa shape index (κ2) is 8.88. The molecule has 2 aromatic heterocycles. The van der Waals surface area contributed by atoms with Gasteiger partial charge < -0.3 is 4.57 Å². The van der Waals surface area contributed by atoms with E-state index in [9.17, 15) is 0 Å². The Balaban J connectivity index is 1.26. The van der Waals surface area contributed by atoms with Crippen LogP contribution in [0.25, 0.3) is 22.3 Å². The Morgan fingerprint density at radius 3 is 2.50 bits per heavy atom. The molecule has 0 amide bonds. The van der Waals surface area contributed by atoms with Crippen LogP contribution < -0.4 is 0 Å². The molecule has 6 rings (SSSR count). The van der Waals surface area contributed by atoms with E-state index in [0.29, 0.717) is 0 Å². The second-order valence-corrected chi connectivity index (χ2v) is 9.28.